The molecule has 0 unspecified atom stereocenters. The highest BCUT2D eigenvalue weighted by Gasteiger charge is 2.28. The van der Waals surface area contributed by atoms with E-state index in [2.05, 4.69) is 11.8 Å². The zero-order valence-electron chi connectivity index (χ0n) is 18.0. The standard InChI is InChI=1S/C22H25NO6S2/c1-15-17(11-10-16(21(15)29-5)12-13-22(2,3)4)18(24)14-30(25,26)19-8-6-7-9-20(19)31(23,27)28/h6-11H,14H2,1-5H3,(H2,23,27,28). The average Bonchev–Trinajstić information content (AvgIpc) is 2.64. The summed E-state index contributed by atoms with van der Waals surface area (Å²) in [4.78, 5) is 11.8. The van der Waals surface area contributed by atoms with Crippen molar-refractivity contribution in [1.29, 1.82) is 0 Å². The van der Waals surface area contributed by atoms with E-state index < -0.39 is 41.2 Å². The van der Waals surface area contributed by atoms with E-state index in [-0.39, 0.29) is 11.0 Å². The number of hydrogen-bond donors (Lipinski definition) is 1. The van der Waals surface area contributed by atoms with Crippen molar-refractivity contribution in [3.8, 4) is 17.6 Å². The molecule has 0 spiro atoms. The zero-order valence-corrected chi connectivity index (χ0v) is 19.6. The molecule has 0 radical (unpaired) electrons. The largest absolute Gasteiger partial charge is 0.495 e. The van der Waals surface area contributed by atoms with E-state index in [0.717, 1.165) is 12.1 Å². The number of Topliss-reactive ketones (excluding diaryl/α,β-unsaturated/α-hetero) is 1. The molecule has 0 aliphatic heterocycles. The number of nitrogens with two attached hydrogens (primary N) is 1. The molecule has 0 saturated carbocycles. The van der Waals surface area contributed by atoms with Crippen molar-refractivity contribution in [1.82, 2.24) is 0 Å². The number of rotatable bonds is 6. The number of carbonyl (C=O) groups is 1. The lowest BCUT2D eigenvalue weighted by Crippen LogP contribution is -2.22. The Morgan fingerprint density at radius 3 is 2.13 bits per heavy atom. The Balaban J connectivity index is 2.48. The van der Waals surface area contributed by atoms with Gasteiger partial charge in [0.2, 0.25) is 10.0 Å². The third kappa shape index (κ3) is 5.94. The van der Waals surface area contributed by atoms with E-state index in [9.17, 15) is 21.6 Å². The number of methoxy groups -OCH3 is 1. The first kappa shape index (κ1) is 24.6. The molecule has 2 N–H and O–H groups in total. The lowest BCUT2D eigenvalue weighted by molar-refractivity contribution is 0.102. The van der Waals surface area contributed by atoms with Crippen LogP contribution in [0.1, 0.15) is 42.3 Å². The van der Waals surface area contributed by atoms with Crippen molar-refractivity contribution in [3.63, 3.8) is 0 Å². The molecule has 0 atom stereocenters. The Kier molecular flexibility index (Phi) is 7.00. The van der Waals surface area contributed by atoms with Crippen LogP contribution in [0.15, 0.2) is 46.2 Å². The topological polar surface area (TPSA) is 121 Å². The van der Waals surface area contributed by atoms with Crippen LogP contribution in [0, 0.1) is 24.2 Å². The van der Waals surface area contributed by atoms with Gasteiger partial charge in [-0.25, -0.2) is 22.0 Å². The maximum Gasteiger partial charge on any atom is 0.239 e. The van der Waals surface area contributed by atoms with E-state index in [1.165, 1.54) is 25.3 Å². The zero-order chi connectivity index (χ0) is 23.6. The third-order valence-electron chi connectivity index (χ3n) is 4.29. The second kappa shape index (κ2) is 8.83. The van der Waals surface area contributed by atoms with Gasteiger partial charge in [0.25, 0.3) is 0 Å². The molecule has 0 aliphatic rings. The van der Waals surface area contributed by atoms with Gasteiger partial charge in [0.15, 0.2) is 15.6 Å². The van der Waals surface area contributed by atoms with Crippen molar-refractivity contribution in [2.45, 2.75) is 37.5 Å². The number of hydrogen-bond acceptors (Lipinski definition) is 6. The van der Waals surface area contributed by atoms with Gasteiger partial charge in [-0.05, 0) is 52.0 Å². The molecule has 0 bridgehead atoms. The quantitative estimate of drug-likeness (QED) is 0.519. The predicted molar refractivity (Wildman–Crippen MR) is 118 cm³/mol. The highest BCUT2D eigenvalue weighted by atomic mass is 32.2. The van der Waals surface area contributed by atoms with E-state index in [1.807, 2.05) is 20.8 Å². The van der Waals surface area contributed by atoms with Gasteiger partial charge < -0.3 is 4.74 Å². The number of benzene rings is 2. The molecule has 0 fully saturated rings. The van der Waals surface area contributed by atoms with Gasteiger partial charge in [-0.1, -0.05) is 24.0 Å². The summed E-state index contributed by atoms with van der Waals surface area (Å²) in [5.74, 6) is 4.87. The van der Waals surface area contributed by atoms with Crippen molar-refractivity contribution >= 4 is 25.6 Å². The van der Waals surface area contributed by atoms with E-state index in [4.69, 9.17) is 9.88 Å². The molecule has 0 amide bonds. The van der Waals surface area contributed by atoms with Crippen LogP contribution in [0.25, 0.3) is 0 Å². The minimum Gasteiger partial charge on any atom is -0.495 e. The van der Waals surface area contributed by atoms with Crippen molar-refractivity contribution in [2.24, 2.45) is 10.6 Å². The fraction of sp³-hybridized carbons (Fsp3) is 0.318. The molecule has 2 aromatic rings. The first-order valence-corrected chi connectivity index (χ1v) is 12.5. The Morgan fingerprint density at radius 1 is 1.03 bits per heavy atom. The summed E-state index contributed by atoms with van der Waals surface area (Å²) in [6.45, 7) is 7.52. The fourth-order valence-electron chi connectivity index (χ4n) is 2.88. The minimum absolute atomic E-state index is 0.148. The van der Waals surface area contributed by atoms with Crippen LogP contribution in [0.5, 0.6) is 5.75 Å². The highest BCUT2D eigenvalue weighted by molar-refractivity contribution is 7.94. The Morgan fingerprint density at radius 2 is 1.61 bits per heavy atom. The van der Waals surface area contributed by atoms with Crippen LogP contribution < -0.4 is 9.88 Å². The van der Waals surface area contributed by atoms with Crippen LogP contribution in [-0.4, -0.2) is 35.5 Å². The molecule has 9 heteroatoms. The molecular formula is C22H25NO6S2. The van der Waals surface area contributed by atoms with E-state index >= 15 is 0 Å². The highest BCUT2D eigenvalue weighted by Crippen LogP contribution is 2.28. The van der Waals surface area contributed by atoms with Crippen molar-refractivity contribution in [3.05, 3.63) is 53.1 Å². The van der Waals surface area contributed by atoms with Crippen LogP contribution in [0.4, 0.5) is 0 Å². The van der Waals surface area contributed by atoms with Crippen molar-refractivity contribution in [2.75, 3.05) is 12.9 Å². The molecule has 2 rings (SSSR count). The summed E-state index contributed by atoms with van der Waals surface area (Å²) >= 11 is 0. The van der Waals surface area contributed by atoms with Crippen LogP contribution in [0.3, 0.4) is 0 Å². The number of sulfonamides is 1. The van der Waals surface area contributed by atoms with Gasteiger partial charge in [-0.3, -0.25) is 4.79 Å². The Hall–Kier alpha value is -2.67. The molecule has 7 nitrogen and oxygen atoms in total. The van der Waals surface area contributed by atoms with Crippen molar-refractivity contribution < 1.29 is 26.4 Å². The predicted octanol–water partition coefficient (Wildman–Crippen LogP) is 2.71. The van der Waals surface area contributed by atoms with Gasteiger partial charge in [0.1, 0.15) is 16.4 Å². The number of sulfone groups is 1. The van der Waals surface area contributed by atoms with Crippen LogP contribution in [-0.2, 0) is 19.9 Å². The SMILES string of the molecule is COc1c(C#CC(C)(C)C)ccc(C(=O)CS(=O)(=O)c2ccccc2S(N)(=O)=O)c1C. The molecule has 0 saturated heterocycles. The number of ether oxygens (including phenoxy) is 1. The second-order valence-electron chi connectivity index (χ2n) is 7.99. The lowest BCUT2D eigenvalue weighted by atomic mass is 9.96. The summed E-state index contributed by atoms with van der Waals surface area (Å²) in [5, 5.41) is 5.13. The number of primary sulfonamides is 1. The summed E-state index contributed by atoms with van der Waals surface area (Å²) in [6, 6.07) is 8.01. The smallest absolute Gasteiger partial charge is 0.239 e. The van der Waals surface area contributed by atoms with E-state index in [1.54, 1.807) is 13.0 Å². The normalized spacial score (nSPS) is 12.1. The molecule has 2 aromatic carbocycles. The first-order valence-electron chi connectivity index (χ1n) is 9.26. The summed E-state index contributed by atoms with van der Waals surface area (Å²) < 4.78 is 54.6. The molecule has 31 heavy (non-hydrogen) atoms. The maximum absolute atomic E-state index is 12.9. The maximum atomic E-state index is 12.9. The monoisotopic (exact) mass is 463 g/mol. The van der Waals surface area contributed by atoms with Gasteiger partial charge in [-0.2, -0.15) is 0 Å². The number of carbonyl (C=O) groups excluding carboxylic acids is 1. The lowest BCUT2D eigenvalue weighted by Gasteiger charge is -2.13. The average molecular weight is 464 g/mol. The molecular weight excluding hydrogens is 438 g/mol. The van der Waals surface area contributed by atoms with Gasteiger partial charge in [0.05, 0.1) is 17.6 Å². The number of ketones is 1. The molecule has 0 aromatic heterocycles. The van der Waals surface area contributed by atoms with Crippen LogP contribution in [0.2, 0.25) is 0 Å². The van der Waals surface area contributed by atoms with Gasteiger partial charge in [0, 0.05) is 16.5 Å². The van der Waals surface area contributed by atoms with Gasteiger partial charge >= 0.3 is 0 Å². The Labute approximate surface area is 183 Å². The summed E-state index contributed by atoms with van der Waals surface area (Å²) in [7, 11) is -7.12. The summed E-state index contributed by atoms with van der Waals surface area (Å²) in [5.41, 5.74) is 0.935. The second-order valence-corrected chi connectivity index (χ2v) is 11.5. The molecule has 166 valence electrons. The molecule has 0 aliphatic carbocycles. The van der Waals surface area contributed by atoms with E-state index in [0.29, 0.717) is 16.9 Å². The van der Waals surface area contributed by atoms with Crippen LogP contribution >= 0.6 is 0 Å². The summed E-state index contributed by atoms with van der Waals surface area (Å²) in [6.07, 6.45) is 0. The first-order chi connectivity index (χ1) is 14.2. The fourth-order valence-corrected chi connectivity index (χ4v) is 5.54. The minimum atomic E-state index is -4.29. The molecule has 0 heterocycles. The third-order valence-corrected chi connectivity index (χ3v) is 7.06. The van der Waals surface area contributed by atoms with Gasteiger partial charge in [-0.15, -0.1) is 0 Å². The Bertz CT molecular complexity index is 1290.